The normalized spacial score (nSPS) is 14.0. The van der Waals surface area contributed by atoms with Crippen molar-refractivity contribution in [2.75, 3.05) is 13.2 Å². The Bertz CT molecular complexity index is 1370. The molecule has 0 radical (unpaired) electrons. The summed E-state index contributed by atoms with van der Waals surface area (Å²) in [6.45, 7) is 6.16. The van der Waals surface area contributed by atoms with E-state index in [-0.39, 0.29) is 62.7 Å². The standard InChI is InChI=1S/C58H100O12/c1-4-7-10-11-12-19-25-36-45-54(70-64)46-37-28-24-31-39-48-57(60)66-51-55(67-58(61)49-40-30-23-18-14-16-21-27-35-44-53(69-63)42-33-9-6-3)50-65-56(59)47-38-29-22-17-13-15-20-26-34-43-52(68-62)41-32-8-5-2/h19-21,25-27,34-36,43-45,52-55,62-64H,4-18,22-24,28-33,37-42,46-51H2,1-3H3/b25-19-,26-20-,27-21-,43-34+,44-35+,45-36+/t52-,53+,54-,55-/m1/s1. The smallest absolute Gasteiger partial charge is 0.306 e. The molecule has 0 bridgehead atoms. The molecular weight excluding hydrogens is 889 g/mol. The number of ether oxygens (including phenoxy) is 3. The molecule has 0 rings (SSSR count). The van der Waals surface area contributed by atoms with Gasteiger partial charge in [-0.2, -0.15) is 0 Å². The van der Waals surface area contributed by atoms with Gasteiger partial charge < -0.3 is 14.2 Å². The number of carbonyl (C=O) groups excluding carboxylic acids is 3. The molecular formula is C58H100O12. The van der Waals surface area contributed by atoms with Gasteiger partial charge in [0.05, 0.1) is 0 Å². The van der Waals surface area contributed by atoms with Crippen molar-refractivity contribution < 1.29 is 59.0 Å². The summed E-state index contributed by atoms with van der Waals surface area (Å²) >= 11 is 0. The van der Waals surface area contributed by atoms with Crippen molar-refractivity contribution in [2.45, 2.75) is 263 Å². The second-order valence-electron chi connectivity index (χ2n) is 18.6. The van der Waals surface area contributed by atoms with Crippen LogP contribution in [0.15, 0.2) is 72.9 Å². The molecule has 0 fully saturated rings. The predicted octanol–water partition coefficient (Wildman–Crippen LogP) is 16.2. The Morgan fingerprint density at radius 3 is 1.04 bits per heavy atom. The van der Waals surface area contributed by atoms with Crippen molar-refractivity contribution >= 4 is 17.9 Å². The summed E-state index contributed by atoms with van der Waals surface area (Å²) < 4.78 is 16.7. The highest BCUT2D eigenvalue weighted by atomic mass is 17.1. The van der Waals surface area contributed by atoms with Crippen LogP contribution in [-0.2, 0) is 43.3 Å². The number of carbonyl (C=O) groups is 3. The molecule has 0 aliphatic carbocycles. The van der Waals surface area contributed by atoms with Crippen LogP contribution in [0.1, 0.15) is 239 Å². The topological polar surface area (TPSA) is 167 Å². The van der Waals surface area contributed by atoms with Gasteiger partial charge in [0.15, 0.2) is 6.10 Å². The highest BCUT2D eigenvalue weighted by Gasteiger charge is 2.20. The van der Waals surface area contributed by atoms with E-state index in [1.165, 1.54) is 25.7 Å². The van der Waals surface area contributed by atoms with Crippen molar-refractivity contribution in [1.82, 2.24) is 0 Å². The Morgan fingerprint density at radius 2 is 0.671 bits per heavy atom. The minimum absolute atomic E-state index is 0.166. The molecule has 0 aromatic carbocycles. The Balaban J connectivity index is 4.70. The van der Waals surface area contributed by atoms with Crippen LogP contribution in [0.5, 0.6) is 0 Å². The summed E-state index contributed by atoms with van der Waals surface area (Å²) in [6.07, 6.45) is 53.2. The fourth-order valence-corrected chi connectivity index (χ4v) is 7.67. The van der Waals surface area contributed by atoms with E-state index in [9.17, 15) is 19.6 Å². The summed E-state index contributed by atoms with van der Waals surface area (Å²) in [4.78, 5) is 51.9. The van der Waals surface area contributed by atoms with Crippen LogP contribution in [0.2, 0.25) is 0 Å². The van der Waals surface area contributed by atoms with Crippen molar-refractivity contribution in [1.29, 1.82) is 0 Å². The van der Waals surface area contributed by atoms with Crippen molar-refractivity contribution in [2.24, 2.45) is 0 Å². The monoisotopic (exact) mass is 989 g/mol. The summed E-state index contributed by atoms with van der Waals surface area (Å²) in [7, 11) is 0. The van der Waals surface area contributed by atoms with Gasteiger partial charge in [-0.05, 0) is 77.0 Å². The Labute approximate surface area is 425 Å². The van der Waals surface area contributed by atoms with E-state index < -0.39 is 12.1 Å². The van der Waals surface area contributed by atoms with E-state index in [1.54, 1.807) is 0 Å². The largest absolute Gasteiger partial charge is 0.462 e. The molecule has 0 heterocycles. The quantitative estimate of drug-likeness (QED) is 0.0132. The first-order valence-electron chi connectivity index (χ1n) is 27.7. The molecule has 70 heavy (non-hydrogen) atoms. The van der Waals surface area contributed by atoms with E-state index in [0.717, 1.165) is 148 Å². The van der Waals surface area contributed by atoms with Gasteiger partial charge in [0, 0.05) is 19.3 Å². The molecule has 0 saturated heterocycles. The molecule has 12 nitrogen and oxygen atoms in total. The summed E-state index contributed by atoms with van der Waals surface area (Å²) in [5.41, 5.74) is 0. The van der Waals surface area contributed by atoms with Crippen LogP contribution in [0.3, 0.4) is 0 Å². The summed E-state index contributed by atoms with van der Waals surface area (Å²) in [6, 6.07) is 0. The van der Waals surface area contributed by atoms with Gasteiger partial charge in [0.1, 0.15) is 31.5 Å². The van der Waals surface area contributed by atoms with Crippen LogP contribution in [0.4, 0.5) is 0 Å². The lowest BCUT2D eigenvalue weighted by atomic mass is 10.1. The first-order chi connectivity index (χ1) is 34.3. The lowest BCUT2D eigenvalue weighted by molar-refractivity contribution is -0.267. The van der Waals surface area contributed by atoms with Gasteiger partial charge in [-0.15, -0.1) is 0 Å². The highest BCUT2D eigenvalue weighted by Crippen LogP contribution is 2.15. The third-order valence-corrected chi connectivity index (χ3v) is 12.1. The lowest BCUT2D eigenvalue weighted by Gasteiger charge is -2.18. The molecule has 0 aliphatic heterocycles. The van der Waals surface area contributed by atoms with Gasteiger partial charge >= 0.3 is 17.9 Å². The molecule has 4 atom stereocenters. The molecule has 12 heteroatoms. The molecule has 0 unspecified atom stereocenters. The first-order valence-corrected chi connectivity index (χ1v) is 27.7. The average molecular weight is 989 g/mol. The van der Waals surface area contributed by atoms with Crippen LogP contribution in [0, 0.1) is 0 Å². The van der Waals surface area contributed by atoms with E-state index in [1.807, 2.05) is 54.7 Å². The van der Waals surface area contributed by atoms with Crippen LogP contribution < -0.4 is 0 Å². The Morgan fingerprint density at radius 1 is 0.371 bits per heavy atom. The molecule has 0 saturated carbocycles. The zero-order valence-electron chi connectivity index (χ0n) is 44.2. The minimum atomic E-state index is -0.875. The second kappa shape index (κ2) is 53.4. The Hall–Kier alpha value is -3.39. The molecule has 0 aromatic rings. The zero-order chi connectivity index (χ0) is 51.2. The SMILES string of the molecule is CCCCCC/C=C\C=C\[C@H](CCCCCCCC(=O)OC[C@@H](COC(=O)CCCCCCC/C=C\C=C\[C@@H](CCCCC)OO)OC(=O)CCCCCCC/C=C\C=C\[C@H](CCCCC)OO)OO. The van der Waals surface area contributed by atoms with E-state index >= 15 is 0 Å². The highest BCUT2D eigenvalue weighted by molar-refractivity contribution is 5.71. The van der Waals surface area contributed by atoms with E-state index in [4.69, 9.17) is 24.7 Å². The van der Waals surface area contributed by atoms with Crippen LogP contribution >= 0.6 is 0 Å². The van der Waals surface area contributed by atoms with E-state index in [0.29, 0.717) is 25.7 Å². The van der Waals surface area contributed by atoms with E-state index in [2.05, 4.69) is 53.7 Å². The number of allylic oxidation sites excluding steroid dienone is 9. The molecule has 3 N–H and O–H groups in total. The lowest BCUT2D eigenvalue weighted by Crippen LogP contribution is -2.30. The number of rotatable bonds is 51. The summed E-state index contributed by atoms with van der Waals surface area (Å²) in [5, 5.41) is 27.4. The number of unbranched alkanes of at least 4 members (excludes halogenated alkanes) is 22. The summed E-state index contributed by atoms with van der Waals surface area (Å²) in [5.74, 6) is -1.14. The molecule has 0 aliphatic rings. The minimum Gasteiger partial charge on any atom is -0.462 e. The van der Waals surface area contributed by atoms with Crippen molar-refractivity contribution in [3.8, 4) is 0 Å². The molecule has 0 aromatic heterocycles. The molecule has 404 valence electrons. The fraction of sp³-hybridized carbons (Fsp3) is 0.741. The molecule has 0 spiro atoms. The zero-order valence-corrected chi connectivity index (χ0v) is 44.2. The average Bonchev–Trinajstić information content (AvgIpc) is 3.36. The maximum Gasteiger partial charge on any atom is 0.306 e. The molecule has 0 amide bonds. The first kappa shape index (κ1) is 66.6. The van der Waals surface area contributed by atoms with Crippen molar-refractivity contribution in [3.63, 3.8) is 0 Å². The van der Waals surface area contributed by atoms with Gasteiger partial charge in [-0.1, -0.05) is 216 Å². The van der Waals surface area contributed by atoms with Gasteiger partial charge in [-0.3, -0.25) is 30.2 Å². The van der Waals surface area contributed by atoms with Gasteiger partial charge in [-0.25, -0.2) is 14.7 Å². The predicted molar refractivity (Wildman–Crippen MR) is 283 cm³/mol. The maximum atomic E-state index is 12.9. The number of esters is 3. The number of hydrogen-bond donors (Lipinski definition) is 3. The van der Waals surface area contributed by atoms with Crippen molar-refractivity contribution in [3.05, 3.63) is 72.9 Å². The third kappa shape index (κ3) is 47.0. The number of hydrogen-bond acceptors (Lipinski definition) is 12. The van der Waals surface area contributed by atoms with Gasteiger partial charge in [0.2, 0.25) is 0 Å². The second-order valence-corrected chi connectivity index (χ2v) is 18.6. The fourth-order valence-electron chi connectivity index (χ4n) is 7.67. The van der Waals surface area contributed by atoms with Gasteiger partial charge in [0.25, 0.3) is 0 Å². The Kier molecular flexibility index (Phi) is 50.8. The maximum absolute atomic E-state index is 12.9. The van der Waals surface area contributed by atoms with Crippen LogP contribution in [0.25, 0.3) is 0 Å². The third-order valence-electron chi connectivity index (χ3n) is 12.1. The van der Waals surface area contributed by atoms with Crippen LogP contribution in [-0.4, -0.2) is 71.3 Å².